The molecule has 1 N–H and O–H groups in total. The van der Waals surface area contributed by atoms with Crippen LogP contribution in [-0.4, -0.2) is 62.5 Å². The number of anilines is 1. The van der Waals surface area contributed by atoms with Crippen molar-refractivity contribution in [2.45, 2.75) is 56.6 Å². The van der Waals surface area contributed by atoms with Gasteiger partial charge in [-0.15, -0.1) is 0 Å². The molecule has 1 heterocycles. The third-order valence-electron chi connectivity index (χ3n) is 8.22. The Bertz CT molecular complexity index is 1390. The fourth-order valence-electron chi connectivity index (χ4n) is 5.70. The van der Waals surface area contributed by atoms with Crippen LogP contribution in [0.3, 0.4) is 0 Å². The van der Waals surface area contributed by atoms with E-state index in [2.05, 4.69) is 84.3 Å². The first-order valence-electron chi connectivity index (χ1n) is 14.7. The van der Waals surface area contributed by atoms with Crippen molar-refractivity contribution < 1.29 is 13.5 Å². The lowest BCUT2D eigenvalue weighted by atomic mass is 9.87. The fourth-order valence-corrected chi connectivity index (χ4v) is 7.45. The van der Waals surface area contributed by atoms with Crippen molar-refractivity contribution in [1.29, 1.82) is 0 Å². The van der Waals surface area contributed by atoms with E-state index in [1.807, 2.05) is 18.2 Å². The van der Waals surface area contributed by atoms with E-state index < -0.39 is 9.84 Å². The maximum atomic E-state index is 12.6. The maximum Gasteiger partial charge on any atom is 0.157 e. The Morgan fingerprint density at radius 1 is 0.825 bits per heavy atom. The van der Waals surface area contributed by atoms with Gasteiger partial charge in [-0.3, -0.25) is 4.90 Å². The van der Waals surface area contributed by atoms with Crippen LogP contribution in [-0.2, 0) is 15.6 Å². The van der Waals surface area contributed by atoms with E-state index in [0.29, 0.717) is 12.5 Å². The number of allylic oxidation sites excluding steroid dienone is 1. The molecule has 0 aromatic heterocycles. The van der Waals surface area contributed by atoms with E-state index in [1.54, 1.807) is 0 Å². The minimum Gasteiger partial charge on any atom is -0.396 e. The van der Waals surface area contributed by atoms with Gasteiger partial charge in [-0.2, -0.15) is 0 Å². The highest BCUT2D eigenvalue weighted by Crippen LogP contribution is 2.37. The quantitative estimate of drug-likeness (QED) is 0.292. The number of sulfone groups is 1. The molecule has 0 radical (unpaired) electrons. The van der Waals surface area contributed by atoms with Crippen LogP contribution in [0.1, 0.15) is 61.8 Å². The van der Waals surface area contributed by atoms with Crippen molar-refractivity contribution in [3.63, 3.8) is 0 Å². The Hall–Kier alpha value is -2.93. The van der Waals surface area contributed by atoms with Crippen LogP contribution in [0.5, 0.6) is 0 Å². The van der Waals surface area contributed by atoms with Gasteiger partial charge < -0.3 is 10.0 Å². The highest BCUT2D eigenvalue weighted by atomic mass is 32.2. The molecule has 6 heteroatoms. The van der Waals surface area contributed by atoms with Crippen molar-refractivity contribution in [2.24, 2.45) is 0 Å². The molecule has 2 fully saturated rings. The number of hydrogen-bond donors (Lipinski definition) is 1. The van der Waals surface area contributed by atoms with Crippen molar-refractivity contribution in [1.82, 2.24) is 4.90 Å². The van der Waals surface area contributed by atoms with Gasteiger partial charge in [0.15, 0.2) is 9.84 Å². The van der Waals surface area contributed by atoms with Crippen LogP contribution in [0.4, 0.5) is 5.69 Å². The predicted molar refractivity (Wildman–Crippen MR) is 166 cm³/mol. The smallest absolute Gasteiger partial charge is 0.157 e. The summed E-state index contributed by atoms with van der Waals surface area (Å²) >= 11 is 0. The largest absolute Gasteiger partial charge is 0.396 e. The van der Waals surface area contributed by atoms with Crippen molar-refractivity contribution >= 4 is 26.7 Å². The van der Waals surface area contributed by atoms with Gasteiger partial charge in [0.1, 0.15) is 0 Å². The summed E-state index contributed by atoms with van der Waals surface area (Å²) in [5.74, 6) is 0.103. The Morgan fingerprint density at radius 3 is 1.98 bits per heavy atom. The summed E-state index contributed by atoms with van der Waals surface area (Å²) in [5, 5.41) is 9.57. The summed E-state index contributed by atoms with van der Waals surface area (Å²) in [7, 11) is -3.07. The SMILES string of the molecule is CC(C)N1CCN(c2ccc(/C(=C(/CCCO)c3ccccc3)c3ccc(CS(=O)(=O)C4CC4)cc3)cc2)CC1. The van der Waals surface area contributed by atoms with Crippen LogP contribution in [0.2, 0.25) is 0 Å². The van der Waals surface area contributed by atoms with Gasteiger partial charge in [0.05, 0.1) is 11.0 Å². The second-order valence-corrected chi connectivity index (χ2v) is 13.7. The highest BCUT2D eigenvalue weighted by Gasteiger charge is 2.35. The molecule has 0 amide bonds. The lowest BCUT2D eigenvalue weighted by Gasteiger charge is -2.38. The third kappa shape index (κ3) is 6.85. The fraction of sp³-hybridized carbons (Fsp3) is 0.412. The van der Waals surface area contributed by atoms with Crippen LogP contribution >= 0.6 is 0 Å². The molecule has 0 bridgehead atoms. The first-order chi connectivity index (χ1) is 19.4. The highest BCUT2D eigenvalue weighted by molar-refractivity contribution is 7.91. The van der Waals surface area contributed by atoms with Crippen LogP contribution < -0.4 is 4.90 Å². The minimum atomic E-state index is -3.07. The lowest BCUT2D eigenvalue weighted by Crippen LogP contribution is -2.48. The van der Waals surface area contributed by atoms with Gasteiger partial charge in [-0.1, -0.05) is 66.7 Å². The molecule has 5 nitrogen and oxygen atoms in total. The molecule has 0 spiro atoms. The van der Waals surface area contributed by atoms with Gasteiger partial charge in [0.2, 0.25) is 0 Å². The van der Waals surface area contributed by atoms with E-state index in [9.17, 15) is 13.5 Å². The molecule has 212 valence electrons. The van der Waals surface area contributed by atoms with Gasteiger partial charge in [-0.25, -0.2) is 8.42 Å². The number of rotatable bonds is 11. The average Bonchev–Trinajstić information content (AvgIpc) is 3.83. The van der Waals surface area contributed by atoms with E-state index in [1.165, 1.54) is 11.3 Å². The standard InChI is InChI=1S/C34H42N2O3S/c1-26(2)35-20-22-36(23-21-35)31-16-14-30(15-17-31)34(33(9-6-24-37)28-7-4-3-5-8-28)29-12-10-27(11-13-29)25-40(38,39)32-18-19-32/h3-5,7-8,10-17,26,32,37H,6,9,18-25H2,1-2H3/b34-33-. The molecule has 3 aromatic rings. The van der Waals surface area contributed by atoms with E-state index in [4.69, 9.17) is 0 Å². The number of aliphatic hydroxyl groups is 1. The van der Waals surface area contributed by atoms with Gasteiger partial charge in [0.25, 0.3) is 0 Å². The number of hydrogen-bond acceptors (Lipinski definition) is 5. The first kappa shape index (κ1) is 28.6. The van der Waals surface area contributed by atoms with Crippen molar-refractivity contribution in [3.05, 3.63) is 101 Å². The molecule has 1 aliphatic carbocycles. The summed E-state index contributed by atoms with van der Waals surface area (Å²) in [6.45, 7) is 8.85. The zero-order chi connectivity index (χ0) is 28.1. The van der Waals surface area contributed by atoms with Gasteiger partial charge in [0, 0.05) is 44.5 Å². The first-order valence-corrected chi connectivity index (χ1v) is 16.4. The Morgan fingerprint density at radius 2 is 1.43 bits per heavy atom. The molecule has 1 aliphatic heterocycles. The van der Waals surface area contributed by atoms with E-state index in [0.717, 1.165) is 73.3 Å². The molecule has 1 saturated carbocycles. The number of aliphatic hydroxyl groups excluding tert-OH is 1. The normalized spacial score (nSPS) is 17.2. The lowest BCUT2D eigenvalue weighted by molar-refractivity contribution is 0.209. The second kappa shape index (κ2) is 12.7. The summed E-state index contributed by atoms with van der Waals surface area (Å²) in [5.41, 5.74) is 7.72. The Kier molecular flexibility index (Phi) is 9.09. The van der Waals surface area contributed by atoms with E-state index in [-0.39, 0.29) is 17.6 Å². The second-order valence-electron chi connectivity index (χ2n) is 11.4. The molecule has 40 heavy (non-hydrogen) atoms. The predicted octanol–water partition coefficient (Wildman–Crippen LogP) is 6.03. The summed E-state index contributed by atoms with van der Waals surface area (Å²) in [4.78, 5) is 4.99. The summed E-state index contributed by atoms with van der Waals surface area (Å²) in [6.07, 6.45) is 3.00. The topological polar surface area (TPSA) is 60.9 Å². The summed E-state index contributed by atoms with van der Waals surface area (Å²) in [6, 6.07) is 27.9. The molecular weight excluding hydrogens is 516 g/mol. The zero-order valence-corrected chi connectivity index (χ0v) is 24.6. The number of piperazine rings is 1. The number of nitrogens with zero attached hydrogens (tertiary/aromatic N) is 2. The van der Waals surface area contributed by atoms with Crippen LogP contribution in [0.15, 0.2) is 78.9 Å². The molecular formula is C34H42N2O3S. The number of benzene rings is 3. The monoisotopic (exact) mass is 558 g/mol. The van der Waals surface area contributed by atoms with Crippen LogP contribution in [0.25, 0.3) is 11.1 Å². The molecule has 5 rings (SSSR count). The Balaban J connectivity index is 1.50. The minimum absolute atomic E-state index is 0.103. The Labute approximate surface area is 240 Å². The zero-order valence-electron chi connectivity index (χ0n) is 23.8. The molecule has 0 atom stereocenters. The van der Waals surface area contributed by atoms with Gasteiger partial charge in [-0.05, 0) is 85.1 Å². The van der Waals surface area contributed by atoms with Crippen LogP contribution in [0, 0.1) is 0 Å². The van der Waals surface area contributed by atoms with Crippen molar-refractivity contribution in [3.8, 4) is 0 Å². The summed E-state index contributed by atoms with van der Waals surface area (Å²) < 4.78 is 25.2. The maximum absolute atomic E-state index is 12.6. The third-order valence-corrected chi connectivity index (χ3v) is 10.4. The average molecular weight is 559 g/mol. The molecule has 0 unspecified atom stereocenters. The van der Waals surface area contributed by atoms with Crippen molar-refractivity contribution in [2.75, 3.05) is 37.7 Å². The van der Waals surface area contributed by atoms with Gasteiger partial charge >= 0.3 is 0 Å². The van der Waals surface area contributed by atoms with E-state index >= 15 is 0 Å². The molecule has 3 aromatic carbocycles. The molecule has 2 aliphatic rings. The molecule has 1 saturated heterocycles.